The Hall–Kier alpha value is -3.78. The number of fused-ring (bicyclic) bond motifs is 2. The molecule has 1 amide bonds. The Morgan fingerprint density at radius 2 is 2.03 bits per heavy atom. The molecule has 1 saturated heterocycles. The third-order valence-electron chi connectivity index (χ3n) is 6.84. The minimum atomic E-state index is -4.83. The fraction of sp³-hybridized carbons (Fsp3) is 0.375. The number of benzene rings is 2. The Balaban J connectivity index is 1.58. The fourth-order valence-electron chi connectivity index (χ4n) is 5.17. The number of nitrogens with two attached hydrogens (primary N) is 1. The first-order valence-corrected chi connectivity index (χ1v) is 12.5. The molecule has 3 heterocycles. The highest BCUT2D eigenvalue weighted by molar-refractivity contribution is 7.22. The molecule has 0 saturated carbocycles. The Labute approximate surface area is 218 Å². The van der Waals surface area contributed by atoms with Crippen LogP contribution in [0.15, 0.2) is 36.4 Å². The second-order valence-corrected chi connectivity index (χ2v) is 10.2. The zero-order valence-electron chi connectivity index (χ0n) is 20.0. The van der Waals surface area contributed by atoms with Crippen LogP contribution in [0.5, 0.6) is 5.75 Å². The molecule has 2 unspecified atom stereocenters. The number of amides is 1. The highest BCUT2D eigenvalue weighted by atomic mass is 32.1. The number of rotatable bonds is 7. The molecule has 3 aromatic rings. The lowest BCUT2D eigenvalue weighted by Crippen LogP contribution is -2.66. The highest BCUT2D eigenvalue weighted by Gasteiger charge is 2.54. The molecule has 10 nitrogen and oxygen atoms in total. The molecule has 5 rings (SSSR count). The smallest absolute Gasteiger partial charge is 0.478 e. The maximum atomic E-state index is 13.0. The predicted octanol–water partition coefficient (Wildman–Crippen LogP) is 4.05. The number of halogens is 3. The standard InChI is InChI=1S/C24H24F3N5O5S/c1-32-17-5-2-13(21(34)35)10-16(17)30-23(32,19(20(28)33)12-6-8-36-9-7-12)31-22-29-15-4-3-14(11-18(15)38-22)37-24(25,26)27/h2-5,10-12,19,30H,6-9H2,1H3,(H2,28,33)(H,29,31)(H,34,35). The number of carbonyl (C=O) groups is 2. The van der Waals surface area contributed by atoms with Crippen LogP contribution in [0.25, 0.3) is 10.2 Å². The van der Waals surface area contributed by atoms with Crippen molar-refractivity contribution in [1.29, 1.82) is 0 Å². The molecule has 2 aliphatic rings. The van der Waals surface area contributed by atoms with Gasteiger partial charge in [-0.3, -0.25) is 4.79 Å². The number of nitrogens with zero attached hydrogens (tertiary/aromatic N) is 2. The average Bonchev–Trinajstić information content (AvgIpc) is 3.36. The summed E-state index contributed by atoms with van der Waals surface area (Å²) in [6.45, 7) is 0.904. The van der Waals surface area contributed by atoms with E-state index in [9.17, 15) is 27.9 Å². The van der Waals surface area contributed by atoms with Crippen molar-refractivity contribution in [2.75, 3.05) is 35.8 Å². The van der Waals surface area contributed by atoms with E-state index >= 15 is 0 Å². The number of aromatic nitrogens is 1. The fourth-order valence-corrected chi connectivity index (χ4v) is 6.12. The van der Waals surface area contributed by atoms with Crippen LogP contribution in [0.1, 0.15) is 23.2 Å². The second-order valence-electron chi connectivity index (χ2n) is 9.14. The predicted molar refractivity (Wildman–Crippen MR) is 134 cm³/mol. The van der Waals surface area contributed by atoms with Gasteiger partial charge in [0, 0.05) is 26.3 Å². The van der Waals surface area contributed by atoms with Crippen LogP contribution in [0.2, 0.25) is 0 Å². The lowest BCUT2D eigenvalue weighted by atomic mass is 9.80. The summed E-state index contributed by atoms with van der Waals surface area (Å²) in [5.74, 6) is -4.44. The molecule has 5 N–H and O–H groups in total. The maximum Gasteiger partial charge on any atom is 0.573 e. The molecule has 14 heteroatoms. The molecule has 0 spiro atoms. The van der Waals surface area contributed by atoms with Gasteiger partial charge in [0.25, 0.3) is 0 Å². The van der Waals surface area contributed by atoms with E-state index in [2.05, 4.69) is 20.4 Å². The van der Waals surface area contributed by atoms with E-state index in [1.807, 2.05) is 0 Å². The molecule has 0 bridgehead atoms. The molecular formula is C24H24F3N5O5S. The van der Waals surface area contributed by atoms with E-state index in [0.29, 0.717) is 52.8 Å². The Morgan fingerprint density at radius 1 is 1.29 bits per heavy atom. The largest absolute Gasteiger partial charge is 0.573 e. The van der Waals surface area contributed by atoms with Gasteiger partial charge < -0.3 is 35.8 Å². The van der Waals surface area contributed by atoms with E-state index in [4.69, 9.17) is 10.5 Å². The molecule has 38 heavy (non-hydrogen) atoms. The number of hydrogen-bond donors (Lipinski definition) is 4. The van der Waals surface area contributed by atoms with Crippen LogP contribution < -0.4 is 26.0 Å². The summed E-state index contributed by atoms with van der Waals surface area (Å²) in [6, 6.07) is 8.39. The highest BCUT2D eigenvalue weighted by Crippen LogP contribution is 2.47. The Bertz CT molecular complexity index is 1390. The number of primary amides is 1. The molecular weight excluding hydrogens is 527 g/mol. The molecule has 2 aromatic carbocycles. The van der Waals surface area contributed by atoms with Gasteiger partial charge in [0.1, 0.15) is 11.7 Å². The van der Waals surface area contributed by atoms with Crippen molar-refractivity contribution in [2.45, 2.75) is 25.0 Å². The Kier molecular flexibility index (Phi) is 6.47. The van der Waals surface area contributed by atoms with Gasteiger partial charge in [-0.15, -0.1) is 13.2 Å². The molecule has 0 radical (unpaired) electrons. The van der Waals surface area contributed by atoms with Gasteiger partial charge >= 0.3 is 12.3 Å². The van der Waals surface area contributed by atoms with Crippen molar-refractivity contribution in [2.24, 2.45) is 17.6 Å². The van der Waals surface area contributed by atoms with Crippen molar-refractivity contribution < 1.29 is 37.3 Å². The van der Waals surface area contributed by atoms with E-state index < -0.39 is 29.9 Å². The summed E-state index contributed by atoms with van der Waals surface area (Å²) in [6.07, 6.45) is -3.69. The van der Waals surface area contributed by atoms with Gasteiger partial charge in [0.05, 0.1) is 27.2 Å². The van der Waals surface area contributed by atoms with Crippen LogP contribution in [-0.4, -0.2) is 54.4 Å². The topological polar surface area (TPSA) is 139 Å². The summed E-state index contributed by atoms with van der Waals surface area (Å²) in [5, 5.41) is 16.4. The van der Waals surface area contributed by atoms with E-state index in [1.165, 1.54) is 30.3 Å². The lowest BCUT2D eigenvalue weighted by Gasteiger charge is -2.46. The van der Waals surface area contributed by atoms with Crippen molar-refractivity contribution >= 4 is 49.9 Å². The molecule has 2 atom stereocenters. The quantitative estimate of drug-likeness (QED) is 0.343. The number of ether oxygens (including phenoxy) is 2. The molecule has 1 fully saturated rings. The number of aromatic carboxylic acids is 1. The van der Waals surface area contributed by atoms with Crippen LogP contribution in [0.4, 0.5) is 29.7 Å². The van der Waals surface area contributed by atoms with Crippen LogP contribution in [0, 0.1) is 11.8 Å². The van der Waals surface area contributed by atoms with Gasteiger partial charge in [0.2, 0.25) is 11.7 Å². The van der Waals surface area contributed by atoms with Gasteiger partial charge in [-0.1, -0.05) is 11.3 Å². The first-order valence-electron chi connectivity index (χ1n) is 11.7. The third kappa shape index (κ3) is 4.76. The van der Waals surface area contributed by atoms with Crippen molar-refractivity contribution in [3.8, 4) is 5.75 Å². The van der Waals surface area contributed by atoms with Crippen LogP contribution in [-0.2, 0) is 9.53 Å². The first kappa shape index (κ1) is 25.9. The lowest BCUT2D eigenvalue weighted by molar-refractivity contribution is -0.274. The van der Waals surface area contributed by atoms with Crippen molar-refractivity contribution in [3.63, 3.8) is 0 Å². The summed E-state index contributed by atoms with van der Waals surface area (Å²) in [5.41, 5.74) is 7.58. The number of nitrogens with one attached hydrogen (secondary N) is 2. The number of hydrogen-bond acceptors (Lipinski definition) is 9. The number of alkyl halides is 3. The molecule has 2 aliphatic heterocycles. The number of carboxylic acids is 1. The normalized spacial score (nSPS) is 20.6. The number of carboxylic acid groups (broad SMARTS) is 1. The SMILES string of the molecule is CN1c2ccc(C(=O)O)cc2NC1(Nc1nc2ccc(OC(F)(F)F)cc2s1)C(C(N)=O)C1CCOCC1. The summed E-state index contributed by atoms with van der Waals surface area (Å²) >= 11 is 1.08. The number of carbonyl (C=O) groups excluding carboxylic acids is 1. The van der Waals surface area contributed by atoms with Crippen LogP contribution in [0.3, 0.4) is 0 Å². The minimum Gasteiger partial charge on any atom is -0.478 e. The number of thiazole rings is 1. The van der Waals surface area contributed by atoms with Crippen molar-refractivity contribution in [3.05, 3.63) is 42.0 Å². The average molecular weight is 552 g/mol. The first-order chi connectivity index (χ1) is 18.0. The Morgan fingerprint density at radius 3 is 2.68 bits per heavy atom. The zero-order valence-corrected chi connectivity index (χ0v) is 20.9. The molecule has 1 aromatic heterocycles. The van der Waals surface area contributed by atoms with Crippen molar-refractivity contribution in [1.82, 2.24) is 4.98 Å². The number of anilines is 3. The summed E-state index contributed by atoms with van der Waals surface area (Å²) < 4.78 is 48.1. The monoisotopic (exact) mass is 551 g/mol. The molecule has 202 valence electrons. The van der Waals surface area contributed by atoms with Gasteiger partial charge in [-0.05, 0) is 49.1 Å². The summed E-state index contributed by atoms with van der Waals surface area (Å²) in [7, 11) is 1.74. The van der Waals surface area contributed by atoms with Gasteiger partial charge in [0.15, 0.2) is 5.13 Å². The van der Waals surface area contributed by atoms with Gasteiger partial charge in [-0.25, -0.2) is 9.78 Å². The van der Waals surface area contributed by atoms with E-state index in [1.54, 1.807) is 18.0 Å². The van der Waals surface area contributed by atoms with E-state index in [0.717, 1.165) is 11.3 Å². The molecule has 0 aliphatic carbocycles. The van der Waals surface area contributed by atoms with Crippen LogP contribution >= 0.6 is 11.3 Å². The maximum absolute atomic E-state index is 13.0. The summed E-state index contributed by atoms with van der Waals surface area (Å²) in [4.78, 5) is 30.9. The van der Waals surface area contributed by atoms with E-state index in [-0.39, 0.29) is 17.2 Å². The second kappa shape index (κ2) is 9.51. The van der Waals surface area contributed by atoms with Gasteiger partial charge in [-0.2, -0.15) is 0 Å². The zero-order chi connectivity index (χ0) is 27.2. The minimum absolute atomic E-state index is 0.0549. The third-order valence-corrected chi connectivity index (χ3v) is 7.78.